The van der Waals surface area contributed by atoms with Crippen LogP contribution in [0.3, 0.4) is 0 Å². The first kappa shape index (κ1) is 15.9. The van der Waals surface area contributed by atoms with E-state index in [-0.39, 0.29) is 0 Å². The van der Waals surface area contributed by atoms with Gasteiger partial charge in [-0.3, -0.25) is 4.98 Å². The molecule has 0 spiro atoms. The molecule has 2 rings (SSSR count). The zero-order valence-corrected chi connectivity index (χ0v) is 14.1. The van der Waals surface area contributed by atoms with Gasteiger partial charge in [-0.25, -0.2) is 4.98 Å². The van der Waals surface area contributed by atoms with Crippen molar-refractivity contribution < 1.29 is 4.74 Å². The lowest BCUT2D eigenvalue weighted by atomic mass is 10.0. The Kier molecular flexibility index (Phi) is 5.70. The van der Waals surface area contributed by atoms with E-state index in [1.165, 1.54) is 0 Å². The predicted octanol–water partition coefficient (Wildman–Crippen LogP) is 4.26. The monoisotopic (exact) mass is 349 g/mol. The van der Waals surface area contributed by atoms with Crippen LogP contribution in [0, 0.1) is 0 Å². The zero-order chi connectivity index (χ0) is 15.2. The van der Waals surface area contributed by atoms with Crippen LogP contribution in [-0.4, -0.2) is 16.5 Å². The highest BCUT2D eigenvalue weighted by atomic mass is 79.9. The van der Waals surface area contributed by atoms with Crippen molar-refractivity contribution in [2.24, 2.45) is 0 Å². The maximum Gasteiger partial charge on any atom is 0.237 e. The Morgan fingerprint density at radius 3 is 2.67 bits per heavy atom. The fourth-order valence-electron chi connectivity index (χ4n) is 1.92. The quantitative estimate of drug-likeness (QED) is 0.845. The molecule has 0 aliphatic heterocycles. The minimum atomic E-state index is 0.374. The van der Waals surface area contributed by atoms with Crippen LogP contribution in [0.1, 0.15) is 37.9 Å². The molecule has 0 amide bonds. The number of nitrogens with zero attached hydrogens (tertiary/aromatic N) is 2. The first-order chi connectivity index (χ1) is 10.1. The molecule has 1 N–H and O–H groups in total. The van der Waals surface area contributed by atoms with Crippen LogP contribution in [0.4, 0.5) is 0 Å². The Morgan fingerprint density at radius 1 is 1.24 bits per heavy atom. The molecule has 21 heavy (non-hydrogen) atoms. The fourth-order valence-corrected chi connectivity index (χ4v) is 2.29. The van der Waals surface area contributed by atoms with Gasteiger partial charge in [-0.15, -0.1) is 0 Å². The average Bonchev–Trinajstić information content (AvgIpc) is 2.48. The molecule has 2 aromatic rings. The van der Waals surface area contributed by atoms with Crippen molar-refractivity contribution in [2.75, 3.05) is 6.54 Å². The van der Waals surface area contributed by atoms with E-state index in [4.69, 9.17) is 4.74 Å². The molecule has 0 radical (unpaired) electrons. The highest BCUT2D eigenvalue weighted by Gasteiger charge is 2.10. The lowest BCUT2D eigenvalue weighted by Gasteiger charge is -2.13. The normalized spacial score (nSPS) is 10.9. The molecule has 0 fully saturated rings. The summed E-state index contributed by atoms with van der Waals surface area (Å²) in [4.78, 5) is 8.66. The van der Waals surface area contributed by atoms with Crippen molar-refractivity contribution in [2.45, 2.75) is 33.2 Å². The standard InChI is InChI=1S/C16H20BrN3O/c1-4-18-8-13-9-20-16(10-19-13)21-15-6-5-12(17)7-14(15)11(2)3/h5-7,9-11,18H,4,8H2,1-3H3. The van der Waals surface area contributed by atoms with Crippen LogP contribution < -0.4 is 10.1 Å². The van der Waals surface area contributed by atoms with Crippen molar-refractivity contribution in [3.63, 3.8) is 0 Å². The van der Waals surface area contributed by atoms with Crippen molar-refractivity contribution in [3.8, 4) is 11.6 Å². The zero-order valence-electron chi connectivity index (χ0n) is 12.6. The molecule has 0 bridgehead atoms. The predicted molar refractivity (Wildman–Crippen MR) is 87.7 cm³/mol. The molecule has 1 aromatic heterocycles. The van der Waals surface area contributed by atoms with Gasteiger partial charge in [0.2, 0.25) is 5.88 Å². The SMILES string of the molecule is CCNCc1cnc(Oc2ccc(Br)cc2C(C)C)cn1. The Labute approximate surface area is 134 Å². The van der Waals surface area contributed by atoms with Gasteiger partial charge in [0.1, 0.15) is 5.75 Å². The smallest absolute Gasteiger partial charge is 0.237 e. The summed E-state index contributed by atoms with van der Waals surface area (Å²) in [7, 11) is 0. The molecule has 5 heteroatoms. The van der Waals surface area contributed by atoms with Crippen molar-refractivity contribution >= 4 is 15.9 Å². The van der Waals surface area contributed by atoms with E-state index in [1.807, 2.05) is 12.1 Å². The lowest BCUT2D eigenvalue weighted by Crippen LogP contribution is -2.13. The van der Waals surface area contributed by atoms with Crippen LogP contribution >= 0.6 is 15.9 Å². The van der Waals surface area contributed by atoms with Gasteiger partial charge in [0.15, 0.2) is 0 Å². The molecule has 0 saturated heterocycles. The summed E-state index contributed by atoms with van der Waals surface area (Å²) < 4.78 is 6.92. The van der Waals surface area contributed by atoms with E-state index in [9.17, 15) is 0 Å². The van der Waals surface area contributed by atoms with Crippen LogP contribution in [-0.2, 0) is 6.54 Å². The lowest BCUT2D eigenvalue weighted by molar-refractivity contribution is 0.450. The number of aromatic nitrogens is 2. The van der Waals surface area contributed by atoms with Gasteiger partial charge in [-0.2, -0.15) is 0 Å². The molecule has 112 valence electrons. The van der Waals surface area contributed by atoms with Crippen LogP contribution in [0.25, 0.3) is 0 Å². The minimum absolute atomic E-state index is 0.374. The van der Waals surface area contributed by atoms with Crippen molar-refractivity contribution in [1.29, 1.82) is 0 Å². The van der Waals surface area contributed by atoms with Crippen molar-refractivity contribution in [3.05, 3.63) is 46.3 Å². The van der Waals surface area contributed by atoms with E-state index >= 15 is 0 Å². The first-order valence-electron chi connectivity index (χ1n) is 7.09. The summed E-state index contributed by atoms with van der Waals surface area (Å²) in [5, 5.41) is 3.22. The highest BCUT2D eigenvalue weighted by Crippen LogP contribution is 2.32. The molecule has 1 heterocycles. The topological polar surface area (TPSA) is 47.0 Å². The molecule has 0 aliphatic carbocycles. The van der Waals surface area contributed by atoms with Gasteiger partial charge in [-0.05, 0) is 36.2 Å². The summed E-state index contributed by atoms with van der Waals surface area (Å²) in [6.07, 6.45) is 3.41. The third-order valence-corrected chi connectivity index (χ3v) is 3.54. The van der Waals surface area contributed by atoms with E-state index in [0.717, 1.165) is 34.6 Å². The van der Waals surface area contributed by atoms with E-state index < -0.39 is 0 Å². The maximum atomic E-state index is 5.87. The molecule has 0 saturated carbocycles. The van der Waals surface area contributed by atoms with Gasteiger partial charge in [0.05, 0.1) is 18.1 Å². The van der Waals surface area contributed by atoms with Gasteiger partial charge >= 0.3 is 0 Å². The Bertz CT molecular complexity index is 585. The third kappa shape index (κ3) is 4.51. The van der Waals surface area contributed by atoms with Crippen LogP contribution in [0.2, 0.25) is 0 Å². The van der Waals surface area contributed by atoms with E-state index in [2.05, 4.69) is 58.1 Å². The number of hydrogen-bond donors (Lipinski definition) is 1. The Balaban J connectivity index is 2.14. The number of benzene rings is 1. The van der Waals surface area contributed by atoms with E-state index in [1.54, 1.807) is 12.4 Å². The molecule has 0 aliphatic rings. The number of hydrogen-bond acceptors (Lipinski definition) is 4. The van der Waals surface area contributed by atoms with Gasteiger partial charge < -0.3 is 10.1 Å². The largest absolute Gasteiger partial charge is 0.437 e. The number of halogens is 1. The average molecular weight is 350 g/mol. The molecular formula is C16H20BrN3O. The summed E-state index contributed by atoms with van der Waals surface area (Å²) >= 11 is 3.49. The maximum absolute atomic E-state index is 5.87. The van der Waals surface area contributed by atoms with E-state index in [0.29, 0.717) is 11.8 Å². The van der Waals surface area contributed by atoms with Crippen molar-refractivity contribution in [1.82, 2.24) is 15.3 Å². The molecule has 0 atom stereocenters. The summed E-state index contributed by atoms with van der Waals surface area (Å²) in [5.74, 6) is 1.71. The van der Waals surface area contributed by atoms with Gasteiger partial charge in [0.25, 0.3) is 0 Å². The Morgan fingerprint density at radius 2 is 2.05 bits per heavy atom. The Hall–Kier alpha value is -1.46. The second-order valence-corrected chi connectivity index (χ2v) is 5.98. The molecular weight excluding hydrogens is 330 g/mol. The second-order valence-electron chi connectivity index (χ2n) is 5.07. The fraction of sp³-hybridized carbons (Fsp3) is 0.375. The number of rotatable bonds is 6. The first-order valence-corrected chi connectivity index (χ1v) is 7.88. The van der Waals surface area contributed by atoms with Gasteiger partial charge in [0, 0.05) is 11.0 Å². The second kappa shape index (κ2) is 7.52. The van der Waals surface area contributed by atoms with Crippen LogP contribution in [0.5, 0.6) is 11.6 Å². The summed E-state index contributed by atoms with van der Waals surface area (Å²) in [6, 6.07) is 5.99. The molecule has 1 aromatic carbocycles. The summed E-state index contributed by atoms with van der Waals surface area (Å²) in [6.45, 7) is 7.97. The van der Waals surface area contributed by atoms with Gasteiger partial charge in [-0.1, -0.05) is 36.7 Å². The minimum Gasteiger partial charge on any atom is -0.437 e. The molecule has 4 nitrogen and oxygen atoms in total. The van der Waals surface area contributed by atoms with Crippen LogP contribution in [0.15, 0.2) is 35.1 Å². The number of nitrogens with one attached hydrogen (secondary N) is 1. The molecule has 0 unspecified atom stereocenters. The highest BCUT2D eigenvalue weighted by molar-refractivity contribution is 9.10. The third-order valence-electron chi connectivity index (χ3n) is 3.05. The summed E-state index contributed by atoms with van der Waals surface area (Å²) in [5.41, 5.74) is 2.05. The number of ether oxygens (including phenoxy) is 1.